The Labute approximate surface area is 122 Å². The smallest absolute Gasteiger partial charge is 0.240 e. The van der Waals surface area contributed by atoms with Crippen LogP contribution in [0.15, 0.2) is 45.9 Å². The Morgan fingerprint density at radius 2 is 2.15 bits per heavy atom. The highest BCUT2D eigenvalue weighted by Gasteiger charge is 2.19. The zero-order valence-electron chi connectivity index (χ0n) is 10.7. The number of aliphatic hydroxyl groups excluding tert-OH is 1. The second kappa shape index (κ2) is 5.97. The summed E-state index contributed by atoms with van der Waals surface area (Å²) in [5.41, 5.74) is 0.539. The zero-order chi connectivity index (χ0) is 14.8. The highest BCUT2D eigenvalue weighted by molar-refractivity contribution is 7.89. The third kappa shape index (κ3) is 3.40. The van der Waals surface area contributed by atoms with Crippen molar-refractivity contribution in [1.29, 1.82) is 0 Å². The topological polar surface area (TPSA) is 79.5 Å². The van der Waals surface area contributed by atoms with E-state index in [4.69, 9.17) is 16.0 Å². The molecule has 108 valence electrons. The maximum atomic E-state index is 12.1. The molecule has 7 heteroatoms. The van der Waals surface area contributed by atoms with Gasteiger partial charge in [-0.25, -0.2) is 13.1 Å². The molecule has 0 aliphatic carbocycles. The Morgan fingerprint density at radius 3 is 2.75 bits per heavy atom. The highest BCUT2D eigenvalue weighted by atomic mass is 35.5. The highest BCUT2D eigenvalue weighted by Crippen LogP contribution is 2.20. The number of hydrogen-bond acceptors (Lipinski definition) is 4. The van der Waals surface area contributed by atoms with E-state index in [-0.39, 0.29) is 11.4 Å². The van der Waals surface area contributed by atoms with Crippen LogP contribution in [-0.2, 0) is 10.0 Å². The van der Waals surface area contributed by atoms with Gasteiger partial charge in [0, 0.05) is 11.6 Å². The molecule has 0 saturated carbocycles. The van der Waals surface area contributed by atoms with Crippen molar-refractivity contribution in [2.24, 2.45) is 0 Å². The summed E-state index contributed by atoms with van der Waals surface area (Å²) in [6, 6.07) is 7.70. The van der Waals surface area contributed by atoms with Crippen LogP contribution in [0.3, 0.4) is 0 Å². The predicted octanol–water partition coefficient (Wildman–Crippen LogP) is 2.25. The lowest BCUT2D eigenvalue weighted by Crippen LogP contribution is -2.28. The summed E-state index contributed by atoms with van der Waals surface area (Å²) in [5, 5.41) is 10.3. The van der Waals surface area contributed by atoms with E-state index >= 15 is 0 Å². The van der Waals surface area contributed by atoms with Crippen LogP contribution < -0.4 is 4.72 Å². The first kappa shape index (κ1) is 15.1. The Bertz CT molecular complexity index is 682. The van der Waals surface area contributed by atoms with E-state index in [9.17, 15) is 13.5 Å². The maximum absolute atomic E-state index is 12.1. The fourth-order valence-corrected chi connectivity index (χ4v) is 3.25. The molecule has 1 heterocycles. The molecule has 0 saturated heterocycles. The van der Waals surface area contributed by atoms with Crippen LogP contribution in [0.2, 0.25) is 5.02 Å². The number of nitrogens with one attached hydrogen (secondary N) is 1. The van der Waals surface area contributed by atoms with Gasteiger partial charge in [-0.15, -0.1) is 0 Å². The number of aliphatic hydroxyl groups is 1. The van der Waals surface area contributed by atoms with Crippen molar-refractivity contribution >= 4 is 21.6 Å². The minimum absolute atomic E-state index is 0.133. The monoisotopic (exact) mass is 315 g/mol. The number of hydrogen-bond donors (Lipinski definition) is 2. The van der Waals surface area contributed by atoms with Crippen molar-refractivity contribution in [2.75, 3.05) is 6.54 Å². The molecule has 0 radical (unpaired) electrons. The van der Waals surface area contributed by atoms with Crippen LogP contribution in [0.25, 0.3) is 0 Å². The van der Waals surface area contributed by atoms with E-state index in [1.807, 2.05) is 0 Å². The molecule has 0 aliphatic heterocycles. The molecule has 0 bridgehead atoms. The number of sulfonamides is 1. The minimum atomic E-state index is -3.70. The van der Waals surface area contributed by atoms with E-state index in [1.165, 1.54) is 18.4 Å². The van der Waals surface area contributed by atoms with Gasteiger partial charge in [0.1, 0.15) is 11.9 Å². The van der Waals surface area contributed by atoms with Gasteiger partial charge in [0.15, 0.2) is 0 Å². The average molecular weight is 316 g/mol. The van der Waals surface area contributed by atoms with Gasteiger partial charge in [-0.3, -0.25) is 0 Å². The van der Waals surface area contributed by atoms with Gasteiger partial charge in [-0.1, -0.05) is 11.6 Å². The molecule has 1 atom stereocenters. The number of rotatable bonds is 5. The lowest BCUT2D eigenvalue weighted by molar-refractivity contribution is 0.154. The average Bonchev–Trinajstić information content (AvgIpc) is 2.89. The number of halogens is 1. The number of furan rings is 1. The first-order valence-corrected chi connectivity index (χ1v) is 7.73. The summed E-state index contributed by atoms with van der Waals surface area (Å²) in [7, 11) is -3.70. The Kier molecular flexibility index (Phi) is 4.49. The molecule has 1 aromatic heterocycles. The van der Waals surface area contributed by atoms with Gasteiger partial charge in [-0.2, -0.15) is 0 Å². The van der Waals surface area contributed by atoms with Gasteiger partial charge < -0.3 is 9.52 Å². The summed E-state index contributed by atoms with van der Waals surface area (Å²) in [4.78, 5) is 0.133. The Morgan fingerprint density at radius 1 is 1.40 bits per heavy atom. The van der Waals surface area contributed by atoms with Gasteiger partial charge in [-0.05, 0) is 42.8 Å². The third-order valence-corrected chi connectivity index (χ3v) is 4.58. The quantitative estimate of drug-likeness (QED) is 0.887. The number of benzene rings is 1. The van der Waals surface area contributed by atoms with Crippen molar-refractivity contribution in [3.8, 4) is 0 Å². The van der Waals surface area contributed by atoms with Crippen molar-refractivity contribution in [3.63, 3.8) is 0 Å². The molecule has 1 unspecified atom stereocenters. The SMILES string of the molecule is Cc1cc(Cl)ccc1S(=O)(=O)NCC(O)c1ccco1. The molecule has 20 heavy (non-hydrogen) atoms. The molecular weight excluding hydrogens is 302 g/mol. The van der Waals surface area contributed by atoms with E-state index < -0.39 is 16.1 Å². The third-order valence-electron chi connectivity index (χ3n) is 2.76. The summed E-state index contributed by atoms with van der Waals surface area (Å²) < 4.78 is 31.6. The second-order valence-electron chi connectivity index (χ2n) is 4.29. The summed E-state index contributed by atoms with van der Waals surface area (Å²) in [6.07, 6.45) is 0.378. The van der Waals surface area contributed by atoms with Gasteiger partial charge >= 0.3 is 0 Å². The Hall–Kier alpha value is -1.34. The largest absolute Gasteiger partial charge is 0.467 e. The molecule has 0 amide bonds. The Balaban J connectivity index is 2.11. The van der Waals surface area contributed by atoms with Crippen LogP contribution in [-0.4, -0.2) is 20.1 Å². The molecule has 5 nitrogen and oxygen atoms in total. The van der Waals surface area contributed by atoms with Crippen molar-refractivity contribution < 1.29 is 17.9 Å². The van der Waals surface area contributed by atoms with E-state index in [2.05, 4.69) is 4.72 Å². The number of aryl methyl sites for hydroxylation is 1. The minimum Gasteiger partial charge on any atom is -0.467 e. The van der Waals surface area contributed by atoms with Gasteiger partial charge in [0.2, 0.25) is 10.0 Å². The first-order chi connectivity index (χ1) is 9.40. The first-order valence-electron chi connectivity index (χ1n) is 5.87. The van der Waals surface area contributed by atoms with Crippen LogP contribution in [0, 0.1) is 6.92 Å². The molecule has 0 aliphatic rings. The molecular formula is C13H14ClNO4S. The second-order valence-corrected chi connectivity index (χ2v) is 6.46. The lowest BCUT2D eigenvalue weighted by Gasteiger charge is -2.12. The van der Waals surface area contributed by atoms with Crippen molar-refractivity contribution in [3.05, 3.63) is 52.9 Å². The predicted molar refractivity (Wildman–Crippen MR) is 75.0 cm³/mol. The molecule has 2 rings (SSSR count). The van der Waals surface area contributed by atoms with Crippen LogP contribution in [0.4, 0.5) is 0 Å². The molecule has 0 spiro atoms. The zero-order valence-corrected chi connectivity index (χ0v) is 12.3. The van der Waals surface area contributed by atoms with Gasteiger partial charge in [0.25, 0.3) is 0 Å². The fraction of sp³-hybridized carbons (Fsp3) is 0.231. The molecule has 2 aromatic rings. The van der Waals surface area contributed by atoms with Crippen molar-refractivity contribution in [2.45, 2.75) is 17.9 Å². The van der Waals surface area contributed by atoms with Crippen LogP contribution in [0.5, 0.6) is 0 Å². The maximum Gasteiger partial charge on any atom is 0.240 e. The fourth-order valence-electron chi connectivity index (χ4n) is 1.76. The standard InChI is InChI=1S/C13H14ClNO4S/c1-9-7-10(14)4-5-13(9)20(17,18)15-8-11(16)12-3-2-6-19-12/h2-7,11,15-16H,8H2,1H3. The van der Waals surface area contributed by atoms with E-state index in [1.54, 1.807) is 25.1 Å². The van der Waals surface area contributed by atoms with E-state index in [0.717, 1.165) is 0 Å². The summed E-state index contributed by atoms with van der Waals surface area (Å²) in [6.45, 7) is 1.49. The van der Waals surface area contributed by atoms with E-state index in [0.29, 0.717) is 16.3 Å². The van der Waals surface area contributed by atoms with Crippen molar-refractivity contribution in [1.82, 2.24) is 4.72 Å². The lowest BCUT2D eigenvalue weighted by atomic mass is 10.2. The summed E-state index contributed by atoms with van der Waals surface area (Å²) >= 11 is 5.79. The normalized spacial score (nSPS) is 13.3. The molecule has 0 fully saturated rings. The summed E-state index contributed by atoms with van der Waals surface area (Å²) in [5.74, 6) is 0.306. The van der Waals surface area contributed by atoms with Crippen LogP contribution >= 0.6 is 11.6 Å². The van der Waals surface area contributed by atoms with Gasteiger partial charge in [0.05, 0.1) is 11.2 Å². The molecule has 1 aromatic carbocycles. The molecule has 2 N–H and O–H groups in total. The van der Waals surface area contributed by atoms with Crippen LogP contribution in [0.1, 0.15) is 17.4 Å².